The van der Waals surface area contributed by atoms with Crippen molar-refractivity contribution in [3.05, 3.63) is 36.2 Å². The first-order valence-electron chi connectivity index (χ1n) is 9.13. The summed E-state index contributed by atoms with van der Waals surface area (Å²) in [5.74, 6) is 1.39. The van der Waals surface area contributed by atoms with Crippen LogP contribution in [0.1, 0.15) is 45.0 Å². The van der Waals surface area contributed by atoms with Gasteiger partial charge in [-0.25, -0.2) is 0 Å². The average molecular weight is 342 g/mol. The molecule has 6 nitrogen and oxygen atoms in total. The van der Waals surface area contributed by atoms with E-state index in [1.54, 1.807) is 0 Å². The van der Waals surface area contributed by atoms with Crippen molar-refractivity contribution >= 4 is 5.91 Å². The highest BCUT2D eigenvalue weighted by Gasteiger charge is 2.31. The molecule has 0 radical (unpaired) electrons. The van der Waals surface area contributed by atoms with Crippen molar-refractivity contribution in [1.29, 1.82) is 0 Å². The molecule has 1 atom stereocenters. The molecule has 134 valence electrons. The molecule has 0 spiro atoms. The average Bonchev–Trinajstić information content (AvgIpc) is 3.14. The van der Waals surface area contributed by atoms with Crippen LogP contribution in [0.3, 0.4) is 0 Å². The van der Waals surface area contributed by atoms with E-state index < -0.39 is 0 Å². The van der Waals surface area contributed by atoms with E-state index >= 15 is 0 Å². The molecule has 6 heteroatoms. The maximum Gasteiger partial charge on any atom is 0.244 e. The van der Waals surface area contributed by atoms with Gasteiger partial charge in [0.2, 0.25) is 17.6 Å². The first-order valence-corrected chi connectivity index (χ1v) is 9.13. The minimum Gasteiger partial charge on any atom is -0.342 e. The summed E-state index contributed by atoms with van der Waals surface area (Å²) in [7, 11) is 0. The molecule has 1 aliphatic heterocycles. The molecule has 1 aromatic carbocycles. The van der Waals surface area contributed by atoms with Crippen LogP contribution < -0.4 is 0 Å². The molecule has 0 aliphatic carbocycles. The van der Waals surface area contributed by atoms with Crippen molar-refractivity contribution in [2.45, 2.75) is 39.2 Å². The highest BCUT2D eigenvalue weighted by molar-refractivity contribution is 5.78. The maximum atomic E-state index is 12.5. The predicted octanol–water partition coefficient (Wildman–Crippen LogP) is 3.13. The second kappa shape index (κ2) is 8.25. The molecule has 1 unspecified atom stereocenters. The Morgan fingerprint density at radius 1 is 1.24 bits per heavy atom. The van der Waals surface area contributed by atoms with E-state index in [4.69, 9.17) is 4.52 Å². The van der Waals surface area contributed by atoms with Crippen molar-refractivity contribution in [3.63, 3.8) is 0 Å². The summed E-state index contributed by atoms with van der Waals surface area (Å²) >= 11 is 0. The van der Waals surface area contributed by atoms with Crippen LogP contribution >= 0.6 is 0 Å². The van der Waals surface area contributed by atoms with Crippen LogP contribution in [0.4, 0.5) is 0 Å². The summed E-state index contributed by atoms with van der Waals surface area (Å²) in [5.41, 5.74) is 0.944. The number of carbonyl (C=O) groups excluding carboxylic acids is 1. The van der Waals surface area contributed by atoms with Crippen LogP contribution in [0, 0.1) is 0 Å². The van der Waals surface area contributed by atoms with E-state index in [9.17, 15) is 4.79 Å². The third-order valence-electron chi connectivity index (χ3n) is 4.83. The lowest BCUT2D eigenvalue weighted by Gasteiger charge is -2.34. The summed E-state index contributed by atoms with van der Waals surface area (Å²) in [6.07, 6.45) is 3.16. The normalized spacial score (nSPS) is 18.2. The molecule has 0 bridgehead atoms. The molecule has 0 saturated carbocycles. The van der Waals surface area contributed by atoms with Gasteiger partial charge in [0.25, 0.3) is 0 Å². The third-order valence-corrected chi connectivity index (χ3v) is 4.83. The van der Waals surface area contributed by atoms with Gasteiger partial charge >= 0.3 is 0 Å². The summed E-state index contributed by atoms with van der Waals surface area (Å²) in [6.45, 7) is 6.81. The lowest BCUT2D eigenvalue weighted by molar-refractivity contribution is -0.133. The number of piperidine rings is 1. The number of hydrogen-bond acceptors (Lipinski definition) is 5. The van der Waals surface area contributed by atoms with E-state index in [1.807, 2.05) is 49.1 Å². The van der Waals surface area contributed by atoms with Crippen LogP contribution in [0.15, 0.2) is 34.9 Å². The molecule has 25 heavy (non-hydrogen) atoms. The van der Waals surface area contributed by atoms with E-state index in [1.165, 1.54) is 0 Å². The van der Waals surface area contributed by atoms with Crippen molar-refractivity contribution in [1.82, 2.24) is 19.9 Å². The van der Waals surface area contributed by atoms with Gasteiger partial charge in [-0.05, 0) is 33.2 Å². The molecule has 1 amide bonds. The Hall–Kier alpha value is -2.21. The zero-order valence-electron chi connectivity index (χ0n) is 15.0. The molecule has 1 fully saturated rings. The van der Waals surface area contributed by atoms with E-state index in [0.29, 0.717) is 18.3 Å². The van der Waals surface area contributed by atoms with E-state index in [-0.39, 0.29) is 11.9 Å². The lowest BCUT2D eigenvalue weighted by atomic mass is 10.0. The molecule has 2 heterocycles. The van der Waals surface area contributed by atoms with Gasteiger partial charge in [-0.15, -0.1) is 0 Å². The molecular weight excluding hydrogens is 316 g/mol. The Kier molecular flexibility index (Phi) is 5.81. The number of aromatic nitrogens is 2. The first kappa shape index (κ1) is 17.6. The number of carbonyl (C=O) groups is 1. The predicted molar refractivity (Wildman–Crippen MR) is 95.8 cm³/mol. The SMILES string of the molecule is CCN(CC)C(=O)CN1CCCCC1c1nc(-c2ccccc2)no1. The van der Waals surface area contributed by atoms with Gasteiger partial charge in [-0.1, -0.05) is 41.9 Å². The van der Waals surface area contributed by atoms with Crippen LogP contribution in [-0.4, -0.2) is 52.0 Å². The van der Waals surface area contributed by atoms with Gasteiger partial charge in [-0.3, -0.25) is 9.69 Å². The Morgan fingerprint density at radius 3 is 2.72 bits per heavy atom. The molecular formula is C19H26N4O2. The topological polar surface area (TPSA) is 62.5 Å². The van der Waals surface area contributed by atoms with Crippen LogP contribution in [0.2, 0.25) is 0 Å². The van der Waals surface area contributed by atoms with E-state index in [2.05, 4.69) is 15.0 Å². The Balaban J connectivity index is 1.75. The number of benzene rings is 1. The Bertz CT molecular complexity index is 682. The number of rotatable bonds is 6. The zero-order chi connectivity index (χ0) is 17.6. The fourth-order valence-corrected chi connectivity index (χ4v) is 3.38. The fourth-order valence-electron chi connectivity index (χ4n) is 3.38. The Morgan fingerprint density at radius 2 is 2.00 bits per heavy atom. The van der Waals surface area contributed by atoms with Gasteiger partial charge in [0.1, 0.15) is 0 Å². The zero-order valence-corrected chi connectivity index (χ0v) is 15.0. The third kappa shape index (κ3) is 4.07. The summed E-state index contributed by atoms with van der Waals surface area (Å²) in [5, 5.41) is 4.13. The minimum absolute atomic E-state index is 0.0261. The summed E-state index contributed by atoms with van der Waals surface area (Å²) in [6, 6.07) is 9.85. The van der Waals surface area contributed by atoms with Crippen LogP contribution in [-0.2, 0) is 4.79 Å². The van der Waals surface area contributed by atoms with Gasteiger partial charge < -0.3 is 9.42 Å². The van der Waals surface area contributed by atoms with Gasteiger partial charge in [0.15, 0.2) is 0 Å². The monoisotopic (exact) mass is 342 g/mol. The largest absolute Gasteiger partial charge is 0.342 e. The molecule has 3 rings (SSSR count). The quantitative estimate of drug-likeness (QED) is 0.807. The maximum absolute atomic E-state index is 12.5. The second-order valence-corrected chi connectivity index (χ2v) is 6.37. The smallest absolute Gasteiger partial charge is 0.244 e. The minimum atomic E-state index is 0.0261. The number of nitrogens with zero attached hydrogens (tertiary/aromatic N) is 4. The highest BCUT2D eigenvalue weighted by atomic mass is 16.5. The number of likely N-dealkylation sites (tertiary alicyclic amines) is 1. The Labute approximate surface area is 148 Å². The molecule has 2 aromatic rings. The number of hydrogen-bond donors (Lipinski definition) is 0. The number of likely N-dealkylation sites (N-methyl/N-ethyl adjacent to an activating group) is 1. The summed E-state index contributed by atoms with van der Waals surface area (Å²) < 4.78 is 5.56. The van der Waals surface area contributed by atoms with Crippen LogP contribution in [0.25, 0.3) is 11.4 Å². The van der Waals surface area contributed by atoms with Gasteiger partial charge in [-0.2, -0.15) is 4.98 Å². The fraction of sp³-hybridized carbons (Fsp3) is 0.526. The van der Waals surface area contributed by atoms with Crippen molar-refractivity contribution in [2.24, 2.45) is 0 Å². The van der Waals surface area contributed by atoms with Gasteiger partial charge in [0.05, 0.1) is 12.6 Å². The number of amides is 1. The summed E-state index contributed by atoms with van der Waals surface area (Å²) in [4.78, 5) is 21.2. The van der Waals surface area contributed by atoms with Crippen molar-refractivity contribution in [2.75, 3.05) is 26.2 Å². The van der Waals surface area contributed by atoms with Crippen LogP contribution in [0.5, 0.6) is 0 Å². The molecule has 1 aliphatic rings. The lowest BCUT2D eigenvalue weighted by Crippen LogP contribution is -2.43. The van der Waals surface area contributed by atoms with Crippen molar-refractivity contribution < 1.29 is 9.32 Å². The van der Waals surface area contributed by atoms with Crippen molar-refractivity contribution in [3.8, 4) is 11.4 Å². The van der Waals surface area contributed by atoms with E-state index in [0.717, 1.165) is 44.5 Å². The highest BCUT2D eigenvalue weighted by Crippen LogP contribution is 2.31. The first-order chi connectivity index (χ1) is 12.2. The molecule has 1 saturated heterocycles. The standard InChI is InChI=1S/C19H26N4O2/c1-3-22(4-2)17(24)14-23-13-9-8-12-16(23)19-20-18(21-25-19)15-10-6-5-7-11-15/h5-7,10-11,16H,3-4,8-9,12-14H2,1-2H3. The second-order valence-electron chi connectivity index (χ2n) is 6.37. The molecule has 0 N–H and O–H groups in total. The molecule has 1 aromatic heterocycles. The van der Waals surface area contributed by atoms with Gasteiger partial charge in [0, 0.05) is 18.7 Å².